The van der Waals surface area contributed by atoms with Crippen molar-refractivity contribution in [3.05, 3.63) is 88.0 Å². The van der Waals surface area contributed by atoms with Gasteiger partial charge in [-0.2, -0.15) is 5.10 Å². The first kappa shape index (κ1) is 26.7. The van der Waals surface area contributed by atoms with E-state index in [4.69, 9.17) is 28.3 Å². The van der Waals surface area contributed by atoms with E-state index >= 15 is 0 Å². The first-order valence-electron chi connectivity index (χ1n) is 12.1. The lowest BCUT2D eigenvalue weighted by Gasteiger charge is -2.27. The Morgan fingerprint density at radius 1 is 0.973 bits per heavy atom. The molecule has 0 fully saturated rings. The van der Waals surface area contributed by atoms with Crippen molar-refractivity contribution < 1.29 is 9.59 Å². The summed E-state index contributed by atoms with van der Waals surface area (Å²) in [4.78, 5) is 28.5. The van der Waals surface area contributed by atoms with E-state index in [2.05, 4.69) is 5.32 Å². The zero-order valence-corrected chi connectivity index (χ0v) is 23.1. The van der Waals surface area contributed by atoms with Crippen molar-refractivity contribution in [3.63, 3.8) is 0 Å². The summed E-state index contributed by atoms with van der Waals surface area (Å²) in [5, 5.41) is 10.3. The zero-order chi connectivity index (χ0) is 26.9. The number of nitrogens with one attached hydrogen (secondary N) is 1. The second-order valence-electron chi connectivity index (χ2n) is 10.3. The summed E-state index contributed by atoms with van der Waals surface area (Å²) in [7, 11) is 0. The van der Waals surface area contributed by atoms with Crippen LogP contribution in [-0.2, 0) is 10.2 Å². The topological polar surface area (TPSA) is 67.2 Å². The number of rotatable bonds is 6. The van der Waals surface area contributed by atoms with Crippen LogP contribution < -0.4 is 5.32 Å². The van der Waals surface area contributed by atoms with Gasteiger partial charge in [-0.3, -0.25) is 9.59 Å². The van der Waals surface area contributed by atoms with Crippen LogP contribution in [0.25, 0.3) is 16.5 Å². The van der Waals surface area contributed by atoms with Crippen molar-refractivity contribution in [2.24, 2.45) is 0 Å². The van der Waals surface area contributed by atoms with Crippen molar-refractivity contribution in [1.82, 2.24) is 14.7 Å². The summed E-state index contributed by atoms with van der Waals surface area (Å²) >= 11 is 12.4. The number of hydrogen-bond acceptors (Lipinski definition) is 3. The molecule has 6 nitrogen and oxygen atoms in total. The third-order valence-corrected chi connectivity index (χ3v) is 6.85. The molecule has 0 aliphatic heterocycles. The molecule has 1 aromatic heterocycles. The van der Waals surface area contributed by atoms with Gasteiger partial charge in [-0.1, -0.05) is 80.4 Å². The van der Waals surface area contributed by atoms with Gasteiger partial charge >= 0.3 is 0 Å². The quantitative estimate of drug-likeness (QED) is 0.285. The van der Waals surface area contributed by atoms with Crippen LogP contribution in [-0.4, -0.2) is 39.1 Å². The van der Waals surface area contributed by atoms with E-state index in [0.717, 1.165) is 16.5 Å². The molecule has 0 aliphatic rings. The summed E-state index contributed by atoms with van der Waals surface area (Å²) in [6.07, 6.45) is 0. The Kier molecular flexibility index (Phi) is 7.62. The minimum Gasteiger partial charge on any atom is -0.327 e. The zero-order valence-electron chi connectivity index (χ0n) is 21.5. The molecule has 0 bridgehead atoms. The number of nitrogens with zero attached hydrogens (tertiary/aromatic N) is 3. The third-order valence-electron chi connectivity index (χ3n) is 6.11. The maximum Gasteiger partial charge on any atom is 0.255 e. The Hall–Kier alpha value is -3.35. The third kappa shape index (κ3) is 5.81. The monoisotopic (exact) mass is 536 g/mol. The van der Waals surface area contributed by atoms with E-state index in [-0.39, 0.29) is 29.8 Å². The Morgan fingerprint density at radius 2 is 1.68 bits per heavy atom. The number of hydrogen-bond donors (Lipinski definition) is 1. The Labute approximate surface area is 227 Å². The Balaban J connectivity index is 1.63. The summed E-state index contributed by atoms with van der Waals surface area (Å²) in [6, 6.07) is 20.2. The molecule has 0 aliphatic carbocycles. The number of anilines is 1. The van der Waals surface area contributed by atoms with Crippen LogP contribution in [0.5, 0.6) is 0 Å². The lowest BCUT2D eigenvalue weighted by molar-refractivity contribution is -0.117. The Bertz CT molecular complexity index is 1470. The molecular formula is C29H30Cl2N4O2. The minimum atomic E-state index is -0.330. The average Bonchev–Trinajstić information content (AvgIpc) is 3.27. The van der Waals surface area contributed by atoms with Gasteiger partial charge in [0.15, 0.2) is 0 Å². The maximum absolute atomic E-state index is 13.6. The van der Waals surface area contributed by atoms with Crippen LogP contribution in [0.4, 0.5) is 5.82 Å². The highest BCUT2D eigenvalue weighted by atomic mass is 35.5. The summed E-state index contributed by atoms with van der Waals surface area (Å²) in [5.74, 6) is -0.0473. The minimum absolute atomic E-state index is 0.114. The molecule has 0 unspecified atom stereocenters. The van der Waals surface area contributed by atoms with Gasteiger partial charge in [0, 0.05) is 23.1 Å². The molecule has 4 rings (SSSR count). The van der Waals surface area contributed by atoms with E-state index in [1.165, 1.54) is 0 Å². The van der Waals surface area contributed by atoms with Gasteiger partial charge in [0.1, 0.15) is 12.4 Å². The molecule has 0 radical (unpaired) electrons. The van der Waals surface area contributed by atoms with Crippen molar-refractivity contribution >= 4 is 51.6 Å². The normalized spacial score (nSPS) is 11.7. The van der Waals surface area contributed by atoms with Gasteiger partial charge in [0.2, 0.25) is 5.91 Å². The van der Waals surface area contributed by atoms with Crippen molar-refractivity contribution in [3.8, 4) is 5.69 Å². The van der Waals surface area contributed by atoms with E-state index < -0.39 is 0 Å². The summed E-state index contributed by atoms with van der Waals surface area (Å²) in [5.41, 5.74) is 1.76. The molecule has 3 aromatic carbocycles. The number of amides is 2. The van der Waals surface area contributed by atoms with Crippen LogP contribution >= 0.6 is 23.2 Å². The number of carbonyl (C=O) groups is 2. The molecule has 1 N–H and O–H groups in total. The molecule has 0 spiro atoms. The molecule has 4 aromatic rings. The predicted molar refractivity (Wildman–Crippen MR) is 151 cm³/mol. The lowest BCUT2D eigenvalue weighted by Crippen LogP contribution is -2.42. The van der Waals surface area contributed by atoms with E-state index in [9.17, 15) is 9.59 Å². The second-order valence-corrected chi connectivity index (χ2v) is 11.1. The molecular weight excluding hydrogens is 507 g/mol. The van der Waals surface area contributed by atoms with E-state index in [1.807, 2.05) is 77.1 Å². The molecule has 8 heteroatoms. The van der Waals surface area contributed by atoms with Gasteiger partial charge in [0.25, 0.3) is 5.91 Å². The fourth-order valence-corrected chi connectivity index (χ4v) is 4.34. The fraction of sp³-hybridized carbons (Fsp3) is 0.276. The SMILES string of the molecule is CC(C)N(CC(=O)Nc1cc(C(C)(C)C)nn1-c1ccc(Cl)c(Cl)c1)C(=O)c1cccc2ccccc12. The molecule has 192 valence electrons. The van der Waals surface area contributed by atoms with Crippen LogP contribution in [0, 0.1) is 0 Å². The highest BCUT2D eigenvalue weighted by Gasteiger charge is 2.25. The molecule has 0 saturated heterocycles. The number of halogens is 2. The van der Waals surface area contributed by atoms with Gasteiger partial charge < -0.3 is 10.2 Å². The van der Waals surface area contributed by atoms with Crippen LogP contribution in [0.15, 0.2) is 66.7 Å². The first-order chi connectivity index (χ1) is 17.5. The fourth-order valence-electron chi connectivity index (χ4n) is 4.04. The Morgan fingerprint density at radius 3 is 2.35 bits per heavy atom. The van der Waals surface area contributed by atoms with Crippen molar-refractivity contribution in [1.29, 1.82) is 0 Å². The number of fused-ring (bicyclic) bond motifs is 1. The standard InChI is InChI=1S/C29H30Cl2N4O2/c1-18(2)34(28(37)22-12-8-10-19-9-6-7-11-21(19)22)17-27(36)32-26-16-25(29(3,4)5)33-35(26)20-13-14-23(30)24(31)15-20/h6-16,18H,17H2,1-5H3,(H,32,36). The largest absolute Gasteiger partial charge is 0.327 e. The van der Waals surface area contributed by atoms with E-state index in [1.54, 1.807) is 33.8 Å². The molecule has 1 heterocycles. The molecule has 0 atom stereocenters. The summed E-state index contributed by atoms with van der Waals surface area (Å²) in [6.45, 7) is 9.81. The summed E-state index contributed by atoms with van der Waals surface area (Å²) < 4.78 is 1.63. The predicted octanol–water partition coefficient (Wildman–Crippen LogP) is 7.12. The highest BCUT2D eigenvalue weighted by Crippen LogP contribution is 2.30. The lowest BCUT2D eigenvalue weighted by atomic mass is 9.92. The second kappa shape index (κ2) is 10.6. The smallest absolute Gasteiger partial charge is 0.255 e. The number of benzene rings is 3. The molecule has 2 amide bonds. The number of carbonyl (C=O) groups excluding carboxylic acids is 2. The maximum atomic E-state index is 13.6. The molecule has 0 saturated carbocycles. The van der Waals surface area contributed by atoms with Crippen LogP contribution in [0.1, 0.15) is 50.7 Å². The van der Waals surface area contributed by atoms with Crippen LogP contribution in [0.3, 0.4) is 0 Å². The van der Waals surface area contributed by atoms with Gasteiger partial charge in [-0.05, 0) is 48.9 Å². The van der Waals surface area contributed by atoms with Crippen LogP contribution in [0.2, 0.25) is 10.0 Å². The first-order valence-corrected chi connectivity index (χ1v) is 12.9. The highest BCUT2D eigenvalue weighted by molar-refractivity contribution is 6.42. The molecule has 37 heavy (non-hydrogen) atoms. The van der Waals surface area contributed by atoms with Gasteiger partial charge in [-0.15, -0.1) is 0 Å². The van der Waals surface area contributed by atoms with Gasteiger partial charge in [-0.25, -0.2) is 4.68 Å². The van der Waals surface area contributed by atoms with Crippen molar-refractivity contribution in [2.75, 3.05) is 11.9 Å². The van der Waals surface area contributed by atoms with E-state index in [0.29, 0.717) is 27.1 Å². The average molecular weight is 537 g/mol. The number of aromatic nitrogens is 2. The van der Waals surface area contributed by atoms with Gasteiger partial charge in [0.05, 0.1) is 21.4 Å². The van der Waals surface area contributed by atoms with Crippen molar-refractivity contribution in [2.45, 2.75) is 46.1 Å².